The molecule has 2 rings (SSSR count). The van der Waals surface area contributed by atoms with Gasteiger partial charge in [-0.3, -0.25) is 4.79 Å². The first kappa shape index (κ1) is 16.1. The van der Waals surface area contributed by atoms with Gasteiger partial charge in [0.25, 0.3) is 0 Å². The van der Waals surface area contributed by atoms with Gasteiger partial charge in [0, 0.05) is 5.02 Å². The monoisotopic (exact) mass is 322 g/mol. The van der Waals surface area contributed by atoms with Gasteiger partial charge in [0.1, 0.15) is 18.2 Å². The van der Waals surface area contributed by atoms with Crippen molar-refractivity contribution in [3.63, 3.8) is 0 Å². The Morgan fingerprint density at radius 1 is 1.18 bits per heavy atom. The Labute approximate surface area is 133 Å². The minimum Gasteiger partial charge on any atom is -0.492 e. The zero-order valence-corrected chi connectivity index (χ0v) is 12.6. The lowest BCUT2D eigenvalue weighted by atomic mass is 10.3. The Morgan fingerprint density at radius 2 is 1.95 bits per heavy atom. The van der Waals surface area contributed by atoms with Crippen LogP contribution in [0.2, 0.25) is 5.02 Å². The van der Waals surface area contributed by atoms with Crippen LogP contribution in [0, 0.1) is 5.82 Å². The highest BCUT2D eigenvalue weighted by atomic mass is 35.5. The summed E-state index contributed by atoms with van der Waals surface area (Å²) in [5.41, 5.74) is 0.236. The summed E-state index contributed by atoms with van der Waals surface area (Å²) in [6.07, 6.45) is 0. The molecule has 2 N–H and O–H groups in total. The third kappa shape index (κ3) is 5.26. The Balaban J connectivity index is 1.65. The third-order valence-electron chi connectivity index (χ3n) is 2.81. The normalized spacial score (nSPS) is 10.1. The highest BCUT2D eigenvalue weighted by Crippen LogP contribution is 2.18. The number of carbonyl (C=O) groups excluding carboxylic acids is 1. The van der Waals surface area contributed by atoms with Crippen LogP contribution in [-0.2, 0) is 4.79 Å². The summed E-state index contributed by atoms with van der Waals surface area (Å²) < 4.78 is 18.9. The lowest BCUT2D eigenvalue weighted by Crippen LogP contribution is -2.33. The van der Waals surface area contributed by atoms with Gasteiger partial charge in [-0.15, -0.1) is 0 Å². The Kier molecular flexibility index (Phi) is 6.03. The molecule has 0 atom stereocenters. The fourth-order valence-electron chi connectivity index (χ4n) is 1.75. The lowest BCUT2D eigenvalue weighted by Gasteiger charge is -2.09. The molecule has 0 spiro atoms. The van der Waals surface area contributed by atoms with E-state index in [4.69, 9.17) is 16.3 Å². The van der Waals surface area contributed by atoms with Crippen LogP contribution in [0.3, 0.4) is 0 Å². The predicted octanol–water partition coefficient (Wildman–Crippen LogP) is 3.09. The largest absolute Gasteiger partial charge is 0.492 e. The molecule has 1 amide bonds. The minimum atomic E-state index is -0.493. The molecule has 22 heavy (non-hydrogen) atoms. The molecule has 0 bridgehead atoms. The van der Waals surface area contributed by atoms with Crippen molar-refractivity contribution in [3.05, 3.63) is 59.4 Å². The number of benzene rings is 2. The highest BCUT2D eigenvalue weighted by molar-refractivity contribution is 6.30. The van der Waals surface area contributed by atoms with E-state index in [9.17, 15) is 9.18 Å². The summed E-state index contributed by atoms with van der Waals surface area (Å²) in [7, 11) is 0. The van der Waals surface area contributed by atoms with E-state index in [0.717, 1.165) is 5.75 Å². The van der Waals surface area contributed by atoms with Crippen LogP contribution in [0.15, 0.2) is 48.5 Å². The van der Waals surface area contributed by atoms with Crippen LogP contribution in [0.4, 0.5) is 10.1 Å². The Morgan fingerprint density at radius 3 is 2.68 bits per heavy atom. The number of hydrogen-bond donors (Lipinski definition) is 2. The molecule has 116 valence electrons. The topological polar surface area (TPSA) is 50.4 Å². The second kappa shape index (κ2) is 8.24. The van der Waals surface area contributed by atoms with Gasteiger partial charge in [0.2, 0.25) is 5.91 Å². The maximum Gasteiger partial charge on any atom is 0.239 e. The van der Waals surface area contributed by atoms with E-state index < -0.39 is 5.82 Å². The molecule has 0 aliphatic carbocycles. The molecule has 0 unspecified atom stereocenters. The van der Waals surface area contributed by atoms with Gasteiger partial charge in [-0.25, -0.2) is 4.39 Å². The number of hydrogen-bond acceptors (Lipinski definition) is 3. The summed E-state index contributed by atoms with van der Waals surface area (Å²) in [6.45, 7) is 0.716. The van der Waals surface area contributed by atoms with Crippen LogP contribution in [0.5, 0.6) is 5.75 Å². The Hall–Kier alpha value is -2.27. The van der Waals surface area contributed by atoms with E-state index in [1.165, 1.54) is 12.1 Å². The molecule has 4 nitrogen and oxygen atoms in total. The molecule has 2 aromatic rings. The Bertz CT molecular complexity index is 623. The van der Waals surface area contributed by atoms with E-state index in [-0.39, 0.29) is 18.1 Å². The first-order valence-corrected chi connectivity index (χ1v) is 7.16. The van der Waals surface area contributed by atoms with Gasteiger partial charge in [0.15, 0.2) is 0 Å². The molecular formula is C16H16ClFN2O2. The highest BCUT2D eigenvalue weighted by Gasteiger charge is 2.05. The molecule has 0 aliphatic rings. The summed E-state index contributed by atoms with van der Waals surface area (Å²) >= 11 is 5.65. The fourth-order valence-corrected chi connectivity index (χ4v) is 1.91. The first-order valence-electron chi connectivity index (χ1n) is 6.78. The summed E-state index contributed by atoms with van der Waals surface area (Å²) in [6, 6.07) is 13.6. The molecule has 2 aromatic carbocycles. The van der Waals surface area contributed by atoms with Gasteiger partial charge in [0.05, 0.1) is 18.8 Å². The number of anilines is 1. The van der Waals surface area contributed by atoms with Crippen LogP contribution in [-0.4, -0.2) is 25.6 Å². The van der Waals surface area contributed by atoms with E-state index in [2.05, 4.69) is 10.6 Å². The zero-order valence-electron chi connectivity index (χ0n) is 11.8. The number of nitrogens with one attached hydrogen (secondary N) is 2. The van der Waals surface area contributed by atoms with Gasteiger partial charge in [-0.2, -0.15) is 0 Å². The van der Waals surface area contributed by atoms with Crippen molar-refractivity contribution in [1.29, 1.82) is 0 Å². The van der Waals surface area contributed by atoms with Gasteiger partial charge >= 0.3 is 0 Å². The van der Waals surface area contributed by atoms with Crippen molar-refractivity contribution in [2.24, 2.45) is 0 Å². The molecule has 0 saturated carbocycles. The maximum absolute atomic E-state index is 13.5. The van der Waals surface area contributed by atoms with Crippen LogP contribution in [0.1, 0.15) is 0 Å². The molecule has 0 aromatic heterocycles. The molecule has 0 fully saturated rings. The van der Waals surface area contributed by atoms with Gasteiger partial charge in [-0.05, 0) is 30.3 Å². The molecule has 0 radical (unpaired) electrons. The van der Waals surface area contributed by atoms with E-state index >= 15 is 0 Å². The van der Waals surface area contributed by atoms with Crippen molar-refractivity contribution in [3.8, 4) is 5.75 Å². The summed E-state index contributed by atoms with van der Waals surface area (Å²) in [5, 5.41) is 5.70. The standard InChI is InChI=1S/C16H16ClFN2O2/c17-12-6-7-15(14(18)10-12)20-11-16(21)19-8-9-22-13-4-2-1-3-5-13/h1-7,10,20H,8-9,11H2,(H,19,21). The van der Waals surface area contributed by atoms with Crippen LogP contribution in [0.25, 0.3) is 0 Å². The van der Waals surface area contributed by atoms with Crippen molar-refractivity contribution in [2.75, 3.05) is 25.0 Å². The first-order chi connectivity index (χ1) is 10.6. The van der Waals surface area contributed by atoms with Crippen molar-refractivity contribution in [2.45, 2.75) is 0 Å². The average molecular weight is 323 g/mol. The fraction of sp³-hybridized carbons (Fsp3) is 0.188. The number of halogens is 2. The molecule has 0 heterocycles. The average Bonchev–Trinajstić information content (AvgIpc) is 2.52. The molecular weight excluding hydrogens is 307 g/mol. The molecule has 6 heteroatoms. The van der Waals surface area contributed by atoms with Gasteiger partial charge in [-0.1, -0.05) is 29.8 Å². The number of carbonyl (C=O) groups is 1. The minimum absolute atomic E-state index is 0.0239. The smallest absolute Gasteiger partial charge is 0.239 e. The SMILES string of the molecule is O=C(CNc1ccc(Cl)cc1F)NCCOc1ccccc1. The molecule has 0 aliphatic heterocycles. The number of ether oxygens (including phenoxy) is 1. The second-order valence-corrected chi connectivity index (χ2v) is 4.93. The van der Waals surface area contributed by atoms with Crippen molar-refractivity contribution in [1.82, 2.24) is 5.32 Å². The van der Waals surface area contributed by atoms with Crippen molar-refractivity contribution >= 4 is 23.2 Å². The summed E-state index contributed by atoms with van der Waals surface area (Å²) in [4.78, 5) is 11.6. The van der Waals surface area contributed by atoms with E-state index in [1.54, 1.807) is 6.07 Å². The van der Waals surface area contributed by atoms with E-state index in [1.807, 2.05) is 30.3 Å². The number of rotatable bonds is 7. The number of amides is 1. The van der Waals surface area contributed by atoms with Crippen LogP contribution >= 0.6 is 11.6 Å². The van der Waals surface area contributed by atoms with E-state index in [0.29, 0.717) is 18.2 Å². The van der Waals surface area contributed by atoms with Gasteiger partial charge < -0.3 is 15.4 Å². The second-order valence-electron chi connectivity index (χ2n) is 4.49. The van der Waals surface area contributed by atoms with Crippen molar-refractivity contribution < 1.29 is 13.9 Å². The third-order valence-corrected chi connectivity index (χ3v) is 3.04. The summed E-state index contributed by atoms with van der Waals surface area (Å²) in [5.74, 6) is 0.0110. The maximum atomic E-state index is 13.5. The predicted molar refractivity (Wildman–Crippen MR) is 84.8 cm³/mol. The lowest BCUT2D eigenvalue weighted by molar-refractivity contribution is -0.119. The quantitative estimate of drug-likeness (QED) is 0.770. The number of para-hydroxylation sites is 1. The van der Waals surface area contributed by atoms with Crippen LogP contribution < -0.4 is 15.4 Å². The molecule has 0 saturated heterocycles. The zero-order chi connectivity index (χ0) is 15.8.